The lowest BCUT2D eigenvalue weighted by molar-refractivity contribution is -0.141. The summed E-state index contributed by atoms with van der Waals surface area (Å²) in [5.41, 5.74) is 0. The van der Waals surface area contributed by atoms with Crippen molar-refractivity contribution in [3.63, 3.8) is 0 Å². The fraction of sp³-hybridized carbons (Fsp3) is 0.818. The summed E-state index contributed by atoms with van der Waals surface area (Å²) in [5, 5.41) is 8.83. The minimum absolute atomic E-state index is 0.0670. The summed E-state index contributed by atoms with van der Waals surface area (Å²) in [6.45, 7) is 2.78. The van der Waals surface area contributed by atoms with Gasteiger partial charge >= 0.3 is 5.97 Å². The van der Waals surface area contributed by atoms with Crippen LogP contribution in [0.4, 0.5) is 0 Å². The van der Waals surface area contributed by atoms with E-state index in [0.29, 0.717) is 12.8 Å². The van der Waals surface area contributed by atoms with Crippen molar-refractivity contribution in [2.24, 2.45) is 11.8 Å². The summed E-state index contributed by atoms with van der Waals surface area (Å²) in [6.07, 6.45) is 2.83. The number of amides is 1. The van der Waals surface area contributed by atoms with E-state index in [0.717, 1.165) is 19.4 Å². The normalized spacial score (nSPS) is 25.2. The van der Waals surface area contributed by atoms with Crippen LogP contribution in [-0.2, 0) is 9.59 Å². The van der Waals surface area contributed by atoms with Crippen molar-refractivity contribution >= 4 is 11.9 Å². The third-order valence-corrected chi connectivity index (χ3v) is 3.07. The van der Waals surface area contributed by atoms with Crippen molar-refractivity contribution in [3.8, 4) is 0 Å². The van der Waals surface area contributed by atoms with E-state index in [2.05, 4.69) is 0 Å². The lowest BCUT2D eigenvalue weighted by Gasteiger charge is -2.20. The smallest absolute Gasteiger partial charge is 0.306 e. The average molecular weight is 213 g/mol. The first-order valence-electron chi connectivity index (χ1n) is 5.54. The van der Waals surface area contributed by atoms with Gasteiger partial charge in [0.15, 0.2) is 0 Å². The molecule has 1 N–H and O–H groups in total. The number of hydrogen-bond acceptors (Lipinski definition) is 2. The molecule has 4 heteroatoms. The quantitative estimate of drug-likeness (QED) is 0.767. The summed E-state index contributed by atoms with van der Waals surface area (Å²) in [5.74, 6) is -1.03. The highest BCUT2D eigenvalue weighted by molar-refractivity contribution is 5.80. The largest absolute Gasteiger partial charge is 0.481 e. The predicted molar refractivity (Wildman–Crippen MR) is 56.4 cm³/mol. The van der Waals surface area contributed by atoms with Gasteiger partial charge in [-0.05, 0) is 25.7 Å². The molecule has 0 unspecified atom stereocenters. The van der Waals surface area contributed by atoms with Gasteiger partial charge in [0, 0.05) is 19.5 Å². The standard InChI is InChI=1S/C11H19NO3/c1-3-6-12(2)10(13)8-4-5-9(7-8)11(14)15/h8-9H,3-7H2,1-2H3,(H,14,15)/t8-,9+/m1/s1. The van der Waals surface area contributed by atoms with Crippen LogP contribution in [-0.4, -0.2) is 35.5 Å². The van der Waals surface area contributed by atoms with E-state index in [1.165, 1.54) is 0 Å². The molecule has 0 radical (unpaired) electrons. The SMILES string of the molecule is CCCN(C)C(=O)[C@@H]1CC[C@H](C(=O)O)C1. The molecule has 1 amide bonds. The Bertz CT molecular complexity index is 252. The molecule has 1 fully saturated rings. The zero-order valence-corrected chi connectivity index (χ0v) is 9.40. The van der Waals surface area contributed by atoms with Crippen molar-refractivity contribution < 1.29 is 14.7 Å². The molecule has 0 aromatic carbocycles. The Labute approximate surface area is 90.3 Å². The highest BCUT2D eigenvalue weighted by atomic mass is 16.4. The van der Waals surface area contributed by atoms with Crippen LogP contribution in [0.5, 0.6) is 0 Å². The molecule has 0 heterocycles. The maximum absolute atomic E-state index is 11.8. The van der Waals surface area contributed by atoms with Gasteiger partial charge in [-0.25, -0.2) is 0 Å². The van der Waals surface area contributed by atoms with E-state index in [4.69, 9.17) is 5.11 Å². The Kier molecular flexibility index (Phi) is 4.12. The van der Waals surface area contributed by atoms with Crippen LogP contribution in [0.15, 0.2) is 0 Å². The first-order chi connectivity index (χ1) is 7.06. The third-order valence-electron chi connectivity index (χ3n) is 3.07. The second-order valence-electron chi connectivity index (χ2n) is 4.30. The van der Waals surface area contributed by atoms with Crippen LogP contribution in [0.2, 0.25) is 0 Å². The van der Waals surface area contributed by atoms with Gasteiger partial charge in [0.05, 0.1) is 5.92 Å². The Balaban J connectivity index is 2.46. The molecule has 1 rings (SSSR count). The van der Waals surface area contributed by atoms with Gasteiger partial charge in [0.25, 0.3) is 0 Å². The fourth-order valence-electron chi connectivity index (χ4n) is 2.19. The summed E-state index contributed by atoms with van der Waals surface area (Å²) < 4.78 is 0. The second kappa shape index (κ2) is 5.14. The topological polar surface area (TPSA) is 57.6 Å². The van der Waals surface area contributed by atoms with Gasteiger partial charge in [0.1, 0.15) is 0 Å². The van der Waals surface area contributed by atoms with Crippen LogP contribution in [0.1, 0.15) is 32.6 Å². The van der Waals surface area contributed by atoms with Gasteiger partial charge in [-0.3, -0.25) is 9.59 Å². The molecular formula is C11H19NO3. The number of carboxylic acid groups (broad SMARTS) is 1. The first-order valence-corrected chi connectivity index (χ1v) is 5.54. The summed E-state index contributed by atoms with van der Waals surface area (Å²) in [7, 11) is 1.79. The number of rotatable bonds is 4. The lowest BCUT2D eigenvalue weighted by Crippen LogP contribution is -2.32. The van der Waals surface area contributed by atoms with Crippen LogP contribution >= 0.6 is 0 Å². The summed E-state index contributed by atoms with van der Waals surface area (Å²) in [4.78, 5) is 24.3. The molecule has 0 bridgehead atoms. The maximum Gasteiger partial charge on any atom is 0.306 e. The zero-order chi connectivity index (χ0) is 11.4. The minimum Gasteiger partial charge on any atom is -0.481 e. The van der Waals surface area contributed by atoms with Gasteiger partial charge in [-0.2, -0.15) is 0 Å². The minimum atomic E-state index is -0.761. The Morgan fingerprint density at radius 2 is 1.93 bits per heavy atom. The van der Waals surface area contributed by atoms with Gasteiger partial charge in [-0.1, -0.05) is 6.92 Å². The number of aliphatic carboxylic acids is 1. The van der Waals surface area contributed by atoms with Crippen LogP contribution < -0.4 is 0 Å². The molecule has 1 aliphatic carbocycles. The van der Waals surface area contributed by atoms with E-state index in [-0.39, 0.29) is 17.7 Å². The monoisotopic (exact) mass is 213 g/mol. The van der Waals surface area contributed by atoms with E-state index in [1.54, 1.807) is 11.9 Å². The zero-order valence-electron chi connectivity index (χ0n) is 9.40. The average Bonchev–Trinajstić information content (AvgIpc) is 2.65. The van der Waals surface area contributed by atoms with E-state index >= 15 is 0 Å². The molecule has 1 saturated carbocycles. The van der Waals surface area contributed by atoms with Crippen molar-refractivity contribution in [2.75, 3.05) is 13.6 Å². The molecule has 4 nitrogen and oxygen atoms in total. The molecule has 0 aromatic heterocycles. The number of hydrogen-bond donors (Lipinski definition) is 1. The number of carboxylic acids is 1. The van der Waals surface area contributed by atoms with E-state index in [9.17, 15) is 9.59 Å². The van der Waals surface area contributed by atoms with Crippen molar-refractivity contribution in [3.05, 3.63) is 0 Å². The second-order valence-corrected chi connectivity index (χ2v) is 4.30. The Morgan fingerprint density at radius 1 is 1.33 bits per heavy atom. The number of carbonyl (C=O) groups excluding carboxylic acids is 1. The van der Waals surface area contributed by atoms with Gasteiger partial charge in [-0.15, -0.1) is 0 Å². The molecule has 2 atom stereocenters. The first kappa shape index (κ1) is 12.0. The van der Waals surface area contributed by atoms with Gasteiger partial charge < -0.3 is 10.0 Å². The van der Waals surface area contributed by atoms with Crippen LogP contribution in [0.3, 0.4) is 0 Å². The molecular weight excluding hydrogens is 194 g/mol. The van der Waals surface area contributed by atoms with E-state index in [1.807, 2.05) is 6.92 Å². The van der Waals surface area contributed by atoms with E-state index < -0.39 is 5.97 Å². The van der Waals surface area contributed by atoms with Crippen molar-refractivity contribution in [2.45, 2.75) is 32.6 Å². The Hall–Kier alpha value is -1.06. The molecule has 1 aliphatic rings. The molecule has 0 aliphatic heterocycles. The summed E-state index contributed by atoms with van der Waals surface area (Å²) >= 11 is 0. The van der Waals surface area contributed by atoms with Crippen molar-refractivity contribution in [1.29, 1.82) is 0 Å². The molecule has 0 spiro atoms. The third kappa shape index (κ3) is 2.94. The molecule has 0 saturated heterocycles. The van der Waals surface area contributed by atoms with Crippen LogP contribution in [0, 0.1) is 11.8 Å². The maximum atomic E-state index is 11.8. The highest BCUT2D eigenvalue weighted by Crippen LogP contribution is 2.32. The lowest BCUT2D eigenvalue weighted by atomic mass is 10.0. The fourth-order valence-corrected chi connectivity index (χ4v) is 2.19. The van der Waals surface area contributed by atoms with Crippen molar-refractivity contribution in [1.82, 2.24) is 4.90 Å². The molecule has 0 aromatic rings. The highest BCUT2D eigenvalue weighted by Gasteiger charge is 2.34. The van der Waals surface area contributed by atoms with Crippen LogP contribution in [0.25, 0.3) is 0 Å². The molecule has 15 heavy (non-hydrogen) atoms. The van der Waals surface area contributed by atoms with Gasteiger partial charge in [0.2, 0.25) is 5.91 Å². The molecule has 86 valence electrons. The number of nitrogens with zero attached hydrogens (tertiary/aromatic N) is 1. The Morgan fingerprint density at radius 3 is 2.40 bits per heavy atom. The summed E-state index contributed by atoms with van der Waals surface area (Å²) in [6, 6.07) is 0. The number of carbonyl (C=O) groups is 2. The predicted octanol–water partition coefficient (Wildman–Crippen LogP) is 1.36.